The third-order valence-corrected chi connectivity index (χ3v) is 10.8. The molecule has 7 rings (SSSR count). The van der Waals surface area contributed by atoms with Crippen molar-refractivity contribution in [3.63, 3.8) is 0 Å². The van der Waals surface area contributed by atoms with Gasteiger partial charge in [0.15, 0.2) is 5.82 Å². The van der Waals surface area contributed by atoms with Gasteiger partial charge in [0, 0.05) is 42.4 Å². The van der Waals surface area contributed by atoms with Gasteiger partial charge in [-0.15, -0.1) is 11.3 Å². The number of thiophene rings is 1. The molecule has 3 aliphatic rings. The molecule has 236 valence electrons. The highest BCUT2D eigenvalue weighted by atomic mass is 35.5. The number of aromatic nitrogens is 2. The highest BCUT2D eigenvalue weighted by molar-refractivity contribution is 7.23. The first kappa shape index (κ1) is 30.3. The van der Waals surface area contributed by atoms with E-state index in [2.05, 4.69) is 9.88 Å². The van der Waals surface area contributed by atoms with Gasteiger partial charge in [0.05, 0.1) is 26.4 Å². The molecule has 0 radical (unpaired) electrons. The molecule has 0 amide bonds. The zero-order valence-corrected chi connectivity index (χ0v) is 26.2. The molecule has 0 spiro atoms. The number of nitriles is 1. The van der Waals surface area contributed by atoms with Crippen LogP contribution in [0, 0.1) is 23.0 Å². The van der Waals surface area contributed by atoms with E-state index in [1.165, 1.54) is 12.1 Å². The van der Waals surface area contributed by atoms with E-state index < -0.39 is 28.9 Å². The summed E-state index contributed by atoms with van der Waals surface area (Å²) in [6.45, 7) is 3.86. The summed E-state index contributed by atoms with van der Waals surface area (Å²) < 4.78 is 52.5. The molecule has 13 heteroatoms. The van der Waals surface area contributed by atoms with E-state index >= 15 is 4.39 Å². The zero-order chi connectivity index (χ0) is 31.7. The number of benzene rings is 2. The highest BCUT2D eigenvalue weighted by Gasteiger charge is 2.49. The smallest absolute Gasteiger partial charge is 0.319 e. The van der Waals surface area contributed by atoms with E-state index in [1.54, 1.807) is 13.0 Å². The molecule has 5 heterocycles. The standard InChI is InChI=1S/C32H32ClF3N6O2S/c1-31(43)7-2-3-9-41(15-31)29-19-11-21(33)24(18-5-6-22(35)27-23(18)20(13-37)28(38)45-27)25(36)26(19)39-30(40-29)44-16-32-8-4-10-42(32)14-17(34)12-32/h5-6,11,17,43H,2-4,7-10,12,14-16,38H2,1H3/t17-,31?,32+/m1/s1. The minimum absolute atomic E-state index is 0.0158. The number of rotatable bonds is 5. The van der Waals surface area contributed by atoms with Crippen LogP contribution in [-0.4, -0.2) is 70.1 Å². The van der Waals surface area contributed by atoms with E-state index in [9.17, 15) is 19.1 Å². The summed E-state index contributed by atoms with van der Waals surface area (Å²) in [7, 11) is 0. The van der Waals surface area contributed by atoms with Crippen LogP contribution in [0.5, 0.6) is 6.01 Å². The lowest BCUT2D eigenvalue weighted by atomic mass is 9.95. The maximum Gasteiger partial charge on any atom is 0.319 e. The van der Waals surface area contributed by atoms with Crippen molar-refractivity contribution in [3.8, 4) is 23.2 Å². The SMILES string of the molecule is CC1(O)CCCCN(c2nc(OC[C@@]34CCCN3C[C@H](F)C4)nc3c(F)c(-c4ccc(F)c5sc(N)c(C#N)c45)c(Cl)cc23)C1. The van der Waals surface area contributed by atoms with Gasteiger partial charge in [0.1, 0.15) is 41.0 Å². The maximum atomic E-state index is 16.9. The largest absolute Gasteiger partial charge is 0.461 e. The van der Waals surface area contributed by atoms with Crippen molar-refractivity contribution in [2.75, 3.05) is 43.4 Å². The molecule has 3 fully saturated rings. The van der Waals surface area contributed by atoms with Crippen LogP contribution in [-0.2, 0) is 0 Å². The molecular weight excluding hydrogens is 625 g/mol. The van der Waals surface area contributed by atoms with Crippen LogP contribution < -0.4 is 15.4 Å². The number of anilines is 2. The average Bonchev–Trinajstić information content (AvgIpc) is 3.59. The van der Waals surface area contributed by atoms with Gasteiger partial charge in [-0.3, -0.25) is 4.90 Å². The number of hydrogen-bond donors (Lipinski definition) is 2. The van der Waals surface area contributed by atoms with E-state index in [0.29, 0.717) is 37.1 Å². The van der Waals surface area contributed by atoms with Crippen LogP contribution in [0.2, 0.25) is 5.02 Å². The number of β-amino-alcohol motifs (C(OH)–C–C–N with tert-alkyl or cyclic N) is 1. The number of nitrogens with two attached hydrogens (primary N) is 1. The fraction of sp³-hybridized carbons (Fsp3) is 0.469. The summed E-state index contributed by atoms with van der Waals surface area (Å²) in [4.78, 5) is 13.3. The molecular formula is C32H32ClF3N6O2S. The first-order valence-electron chi connectivity index (χ1n) is 15.1. The summed E-state index contributed by atoms with van der Waals surface area (Å²) in [6, 6.07) is 6.09. The number of nitrogen functional groups attached to an aromatic ring is 1. The van der Waals surface area contributed by atoms with Crippen molar-refractivity contribution in [2.45, 2.75) is 62.8 Å². The first-order chi connectivity index (χ1) is 21.5. The monoisotopic (exact) mass is 656 g/mol. The Balaban J connectivity index is 1.41. The van der Waals surface area contributed by atoms with E-state index in [0.717, 1.165) is 43.6 Å². The molecule has 0 saturated carbocycles. The topological polar surface area (TPSA) is 112 Å². The van der Waals surface area contributed by atoms with Gasteiger partial charge < -0.3 is 20.5 Å². The van der Waals surface area contributed by atoms with Crippen LogP contribution in [0.3, 0.4) is 0 Å². The van der Waals surface area contributed by atoms with Crippen LogP contribution in [0.4, 0.5) is 24.0 Å². The molecule has 0 aliphatic carbocycles. The predicted molar refractivity (Wildman–Crippen MR) is 170 cm³/mol. The van der Waals surface area contributed by atoms with Crippen molar-refractivity contribution < 1.29 is 23.0 Å². The second-order valence-electron chi connectivity index (χ2n) is 12.8. The Morgan fingerprint density at radius 3 is 2.84 bits per heavy atom. The second kappa shape index (κ2) is 11.2. The van der Waals surface area contributed by atoms with E-state index in [4.69, 9.17) is 27.1 Å². The van der Waals surface area contributed by atoms with Gasteiger partial charge in [-0.25, -0.2) is 13.2 Å². The van der Waals surface area contributed by atoms with Crippen molar-refractivity contribution in [1.82, 2.24) is 14.9 Å². The molecule has 0 bridgehead atoms. The van der Waals surface area contributed by atoms with E-state index in [-0.39, 0.29) is 61.5 Å². The Kier molecular flexibility index (Phi) is 7.51. The zero-order valence-electron chi connectivity index (χ0n) is 24.7. The van der Waals surface area contributed by atoms with Crippen LogP contribution in [0.1, 0.15) is 51.0 Å². The Hall–Kier alpha value is -3.37. The summed E-state index contributed by atoms with van der Waals surface area (Å²) >= 11 is 7.72. The highest BCUT2D eigenvalue weighted by Crippen LogP contribution is 2.46. The first-order valence-corrected chi connectivity index (χ1v) is 16.3. The third kappa shape index (κ3) is 5.14. The van der Waals surface area contributed by atoms with Crippen molar-refractivity contribution in [1.29, 1.82) is 5.26 Å². The summed E-state index contributed by atoms with van der Waals surface area (Å²) in [5, 5.41) is 21.5. The molecule has 3 atom stereocenters. The van der Waals surface area contributed by atoms with Gasteiger partial charge in [-0.1, -0.05) is 17.7 Å². The average molecular weight is 657 g/mol. The number of halogens is 4. The molecule has 3 aliphatic heterocycles. The molecule has 1 unspecified atom stereocenters. The molecule has 45 heavy (non-hydrogen) atoms. The lowest BCUT2D eigenvalue weighted by Gasteiger charge is -2.32. The fourth-order valence-electron chi connectivity index (χ4n) is 7.43. The number of nitrogens with zero attached hydrogens (tertiary/aromatic N) is 5. The lowest BCUT2D eigenvalue weighted by Crippen LogP contribution is -2.43. The molecule has 8 nitrogen and oxygen atoms in total. The van der Waals surface area contributed by atoms with Crippen molar-refractivity contribution in [2.24, 2.45) is 0 Å². The maximum absolute atomic E-state index is 16.9. The molecule has 2 aromatic carbocycles. The molecule has 2 aromatic heterocycles. The van der Waals surface area contributed by atoms with Gasteiger partial charge in [-0.2, -0.15) is 15.2 Å². The molecule has 3 N–H and O–H groups in total. The third-order valence-electron chi connectivity index (χ3n) is 9.50. The minimum Gasteiger partial charge on any atom is -0.461 e. The number of aliphatic hydroxyl groups is 1. The quantitative estimate of drug-likeness (QED) is 0.247. The summed E-state index contributed by atoms with van der Waals surface area (Å²) in [6.07, 6.45) is 3.31. The lowest BCUT2D eigenvalue weighted by molar-refractivity contribution is 0.0611. The molecule has 3 saturated heterocycles. The van der Waals surface area contributed by atoms with Crippen LogP contribution >= 0.6 is 22.9 Å². The van der Waals surface area contributed by atoms with Gasteiger partial charge in [0.2, 0.25) is 0 Å². The van der Waals surface area contributed by atoms with E-state index in [1.807, 2.05) is 11.0 Å². The van der Waals surface area contributed by atoms with Crippen molar-refractivity contribution >= 4 is 54.7 Å². The summed E-state index contributed by atoms with van der Waals surface area (Å²) in [5.74, 6) is -1.01. The van der Waals surface area contributed by atoms with Crippen molar-refractivity contribution in [3.05, 3.63) is 40.4 Å². The fourth-order valence-corrected chi connectivity index (χ4v) is 8.67. The van der Waals surface area contributed by atoms with Gasteiger partial charge in [0.25, 0.3) is 0 Å². The Bertz CT molecular complexity index is 1880. The second-order valence-corrected chi connectivity index (χ2v) is 14.2. The minimum atomic E-state index is -1.01. The normalized spacial score (nSPS) is 25.5. The predicted octanol–water partition coefficient (Wildman–Crippen LogP) is 6.59. The van der Waals surface area contributed by atoms with Crippen LogP contribution in [0.15, 0.2) is 18.2 Å². The summed E-state index contributed by atoms with van der Waals surface area (Å²) in [5.41, 5.74) is 4.69. The Labute approximate surface area is 267 Å². The van der Waals surface area contributed by atoms with Crippen LogP contribution in [0.25, 0.3) is 32.1 Å². The Morgan fingerprint density at radius 1 is 1.22 bits per heavy atom. The van der Waals surface area contributed by atoms with Gasteiger partial charge >= 0.3 is 6.01 Å². The number of alkyl halides is 1. The van der Waals surface area contributed by atoms with Gasteiger partial charge in [-0.05, 0) is 63.3 Å². The Morgan fingerprint density at radius 2 is 2.04 bits per heavy atom. The number of hydrogen-bond acceptors (Lipinski definition) is 9. The number of fused-ring (bicyclic) bond motifs is 3. The number of ether oxygens (including phenoxy) is 1. The molecule has 4 aromatic rings.